The number of benzene rings is 2. The summed E-state index contributed by atoms with van der Waals surface area (Å²) >= 11 is 0. The molecule has 1 N–H and O–H groups in total. The highest BCUT2D eigenvalue weighted by atomic mass is 32.2. The van der Waals surface area contributed by atoms with Crippen LogP contribution in [-0.4, -0.2) is 33.5 Å². The zero-order valence-corrected chi connectivity index (χ0v) is 16.7. The fourth-order valence-corrected chi connectivity index (χ4v) is 3.88. The summed E-state index contributed by atoms with van der Waals surface area (Å²) in [6, 6.07) is 14.8. The van der Waals surface area contributed by atoms with Crippen LogP contribution in [0.2, 0.25) is 0 Å². The Bertz CT molecular complexity index is 836. The van der Waals surface area contributed by atoms with Crippen molar-refractivity contribution in [3.63, 3.8) is 0 Å². The Morgan fingerprint density at radius 2 is 1.70 bits per heavy atom. The highest BCUT2D eigenvalue weighted by molar-refractivity contribution is 7.92. The van der Waals surface area contributed by atoms with E-state index in [2.05, 4.69) is 5.32 Å². The van der Waals surface area contributed by atoms with Gasteiger partial charge in [0.05, 0.1) is 17.2 Å². The first kappa shape index (κ1) is 20.8. The number of carbonyl (C=O) groups excluding carboxylic acids is 1. The lowest BCUT2D eigenvalue weighted by atomic mass is 10.2. The highest BCUT2D eigenvalue weighted by Crippen LogP contribution is 2.25. The van der Waals surface area contributed by atoms with Crippen molar-refractivity contribution < 1.29 is 17.9 Å². The molecule has 2 rings (SSSR count). The van der Waals surface area contributed by atoms with Gasteiger partial charge < -0.3 is 10.1 Å². The number of rotatable bonds is 9. The van der Waals surface area contributed by atoms with Gasteiger partial charge in [0.25, 0.3) is 10.0 Å². The molecule has 0 saturated heterocycles. The molecule has 0 aliphatic heterocycles. The Labute approximate surface area is 161 Å². The zero-order valence-electron chi connectivity index (χ0n) is 15.9. The van der Waals surface area contributed by atoms with Gasteiger partial charge in [0.2, 0.25) is 5.91 Å². The van der Waals surface area contributed by atoms with Gasteiger partial charge in [-0.05, 0) is 56.7 Å². The summed E-state index contributed by atoms with van der Waals surface area (Å²) in [5.41, 5.74) is 0.436. The van der Waals surface area contributed by atoms with E-state index in [-0.39, 0.29) is 23.4 Å². The van der Waals surface area contributed by atoms with Gasteiger partial charge in [0, 0.05) is 6.04 Å². The molecular formula is C20H26N2O4S. The second kappa shape index (κ2) is 9.41. The van der Waals surface area contributed by atoms with Crippen LogP contribution in [0.1, 0.15) is 27.2 Å². The molecule has 2 aromatic carbocycles. The molecular weight excluding hydrogens is 364 g/mol. The number of carbonyl (C=O) groups is 1. The maximum Gasteiger partial charge on any atom is 0.264 e. The van der Waals surface area contributed by atoms with Crippen LogP contribution in [0.15, 0.2) is 59.5 Å². The monoisotopic (exact) mass is 390 g/mol. The van der Waals surface area contributed by atoms with Crippen LogP contribution in [0.5, 0.6) is 5.75 Å². The Morgan fingerprint density at radius 3 is 2.26 bits per heavy atom. The third-order valence-electron chi connectivity index (χ3n) is 4.07. The van der Waals surface area contributed by atoms with E-state index in [1.807, 2.05) is 20.8 Å². The van der Waals surface area contributed by atoms with Crippen molar-refractivity contribution in [1.82, 2.24) is 5.32 Å². The van der Waals surface area contributed by atoms with Gasteiger partial charge in [-0.2, -0.15) is 0 Å². The summed E-state index contributed by atoms with van der Waals surface area (Å²) < 4.78 is 32.9. The summed E-state index contributed by atoms with van der Waals surface area (Å²) in [5.74, 6) is 0.250. The average Bonchev–Trinajstić information content (AvgIpc) is 2.67. The number of hydrogen-bond donors (Lipinski definition) is 1. The number of ether oxygens (including phenoxy) is 1. The van der Waals surface area contributed by atoms with Crippen molar-refractivity contribution in [1.29, 1.82) is 0 Å². The van der Waals surface area contributed by atoms with Gasteiger partial charge in [0.1, 0.15) is 12.3 Å². The minimum Gasteiger partial charge on any atom is -0.494 e. The number of nitrogens with one attached hydrogen (secondary N) is 1. The molecule has 0 unspecified atom stereocenters. The number of para-hydroxylation sites is 1. The van der Waals surface area contributed by atoms with Crippen molar-refractivity contribution in [2.75, 3.05) is 17.5 Å². The Hall–Kier alpha value is -2.54. The van der Waals surface area contributed by atoms with Crippen molar-refractivity contribution in [2.24, 2.45) is 0 Å². The molecule has 0 aliphatic carbocycles. The molecule has 146 valence electrons. The molecule has 0 radical (unpaired) electrons. The summed E-state index contributed by atoms with van der Waals surface area (Å²) in [6.45, 7) is 5.90. The molecule has 6 nitrogen and oxygen atoms in total. The van der Waals surface area contributed by atoms with Gasteiger partial charge in [-0.15, -0.1) is 0 Å². The maximum atomic E-state index is 13.2. The summed E-state index contributed by atoms with van der Waals surface area (Å²) in [5, 5.41) is 2.81. The number of nitrogens with zero attached hydrogens (tertiary/aromatic N) is 1. The van der Waals surface area contributed by atoms with E-state index in [9.17, 15) is 13.2 Å². The lowest BCUT2D eigenvalue weighted by molar-refractivity contribution is -0.120. The second-order valence-electron chi connectivity index (χ2n) is 6.13. The standard InChI is InChI=1S/C20H26N2O4S/c1-4-16(3)21-20(23)15-22(17-9-7-6-8-10-17)27(24,25)19-13-11-18(12-14-19)26-5-2/h6-14,16H,4-5,15H2,1-3H3,(H,21,23)/t16-/m1/s1. The highest BCUT2D eigenvalue weighted by Gasteiger charge is 2.27. The number of sulfonamides is 1. The first-order valence-electron chi connectivity index (χ1n) is 8.98. The van der Waals surface area contributed by atoms with Gasteiger partial charge >= 0.3 is 0 Å². The molecule has 27 heavy (non-hydrogen) atoms. The van der Waals surface area contributed by atoms with E-state index in [4.69, 9.17) is 4.74 Å². The first-order valence-corrected chi connectivity index (χ1v) is 10.4. The molecule has 2 aromatic rings. The predicted octanol–water partition coefficient (Wildman–Crippen LogP) is 3.20. The lowest BCUT2D eigenvalue weighted by Crippen LogP contribution is -2.43. The third-order valence-corrected chi connectivity index (χ3v) is 5.86. The molecule has 7 heteroatoms. The Morgan fingerprint density at radius 1 is 1.07 bits per heavy atom. The van der Waals surface area contributed by atoms with Gasteiger partial charge in [-0.1, -0.05) is 25.1 Å². The quantitative estimate of drug-likeness (QED) is 0.713. The fraction of sp³-hybridized carbons (Fsp3) is 0.350. The van der Waals surface area contributed by atoms with Crippen LogP contribution in [0.3, 0.4) is 0 Å². The van der Waals surface area contributed by atoms with Crippen molar-refractivity contribution in [3.8, 4) is 5.75 Å². The fourth-order valence-electron chi connectivity index (χ4n) is 2.46. The van der Waals surface area contributed by atoms with E-state index in [0.717, 1.165) is 10.7 Å². The van der Waals surface area contributed by atoms with Crippen molar-refractivity contribution >= 4 is 21.6 Å². The van der Waals surface area contributed by atoms with E-state index in [1.54, 1.807) is 42.5 Å². The van der Waals surface area contributed by atoms with Crippen LogP contribution in [0, 0.1) is 0 Å². The van der Waals surface area contributed by atoms with Crippen molar-refractivity contribution in [2.45, 2.75) is 38.1 Å². The smallest absolute Gasteiger partial charge is 0.264 e. The molecule has 1 atom stereocenters. The molecule has 0 spiro atoms. The maximum absolute atomic E-state index is 13.2. The van der Waals surface area contributed by atoms with Crippen LogP contribution in [0.4, 0.5) is 5.69 Å². The number of amides is 1. The minimum atomic E-state index is -3.91. The average molecular weight is 391 g/mol. The van der Waals surface area contributed by atoms with Crippen LogP contribution >= 0.6 is 0 Å². The SMILES string of the molecule is CCOc1ccc(S(=O)(=O)N(CC(=O)N[C@H](C)CC)c2ccccc2)cc1. The normalized spacial score (nSPS) is 12.3. The minimum absolute atomic E-state index is 0.0247. The summed E-state index contributed by atoms with van der Waals surface area (Å²) in [4.78, 5) is 12.5. The molecule has 0 aliphatic rings. The van der Waals surface area contributed by atoms with E-state index < -0.39 is 10.0 Å². The summed E-state index contributed by atoms with van der Waals surface area (Å²) in [7, 11) is -3.91. The van der Waals surface area contributed by atoms with Crippen LogP contribution in [0.25, 0.3) is 0 Å². The Balaban J connectivity index is 2.35. The van der Waals surface area contributed by atoms with Crippen molar-refractivity contribution in [3.05, 3.63) is 54.6 Å². The topological polar surface area (TPSA) is 75.7 Å². The number of anilines is 1. The molecule has 0 bridgehead atoms. The molecule has 0 saturated carbocycles. The third kappa shape index (κ3) is 5.47. The summed E-state index contributed by atoms with van der Waals surface area (Å²) in [6.07, 6.45) is 0.767. The van der Waals surface area contributed by atoms with Gasteiger partial charge in [-0.25, -0.2) is 8.42 Å². The van der Waals surface area contributed by atoms with Crippen LogP contribution in [-0.2, 0) is 14.8 Å². The van der Waals surface area contributed by atoms with Gasteiger partial charge in [-0.3, -0.25) is 9.10 Å². The van der Waals surface area contributed by atoms with Crippen LogP contribution < -0.4 is 14.4 Å². The largest absolute Gasteiger partial charge is 0.494 e. The molecule has 0 fully saturated rings. The molecule has 1 amide bonds. The first-order chi connectivity index (χ1) is 12.9. The Kier molecular flexibility index (Phi) is 7.24. The molecule has 0 heterocycles. The number of hydrogen-bond acceptors (Lipinski definition) is 4. The van der Waals surface area contributed by atoms with E-state index in [1.165, 1.54) is 12.1 Å². The zero-order chi connectivity index (χ0) is 19.9. The van der Waals surface area contributed by atoms with E-state index >= 15 is 0 Å². The lowest BCUT2D eigenvalue weighted by Gasteiger charge is -2.25. The predicted molar refractivity (Wildman–Crippen MR) is 106 cm³/mol. The van der Waals surface area contributed by atoms with Gasteiger partial charge in [0.15, 0.2) is 0 Å². The second-order valence-corrected chi connectivity index (χ2v) is 7.99. The van der Waals surface area contributed by atoms with E-state index in [0.29, 0.717) is 18.0 Å². The molecule has 0 aromatic heterocycles.